The van der Waals surface area contributed by atoms with E-state index in [0.717, 1.165) is 0 Å². The fraction of sp³-hybridized carbons (Fsp3) is 0.500. The van der Waals surface area contributed by atoms with Crippen molar-refractivity contribution in [3.63, 3.8) is 0 Å². The van der Waals surface area contributed by atoms with Crippen molar-refractivity contribution < 1.29 is 18.3 Å². The lowest BCUT2D eigenvalue weighted by molar-refractivity contribution is -0.0490. The van der Waals surface area contributed by atoms with Gasteiger partial charge in [0.1, 0.15) is 12.4 Å². The van der Waals surface area contributed by atoms with Crippen LogP contribution in [0.25, 0.3) is 0 Å². The molecule has 17 heavy (non-hydrogen) atoms. The first-order valence-corrected chi connectivity index (χ1v) is 5.40. The van der Waals surface area contributed by atoms with Crippen LogP contribution in [0, 0.1) is 5.82 Å². The number of hydrogen-bond acceptors (Lipinski definition) is 2. The van der Waals surface area contributed by atoms with Gasteiger partial charge in [0.05, 0.1) is 6.54 Å². The van der Waals surface area contributed by atoms with Gasteiger partial charge in [-0.05, 0) is 25.0 Å². The lowest BCUT2D eigenvalue weighted by Crippen LogP contribution is -2.40. The quantitative estimate of drug-likeness (QED) is 0.805. The van der Waals surface area contributed by atoms with Crippen LogP contribution in [0.2, 0.25) is 0 Å². The first-order chi connectivity index (χ1) is 7.94. The van der Waals surface area contributed by atoms with Gasteiger partial charge in [0.2, 0.25) is 0 Å². The highest BCUT2D eigenvalue weighted by Crippen LogP contribution is 2.12. The van der Waals surface area contributed by atoms with Gasteiger partial charge >= 0.3 is 0 Å². The number of benzene rings is 1. The monoisotopic (exact) mass is 247 g/mol. The summed E-state index contributed by atoms with van der Waals surface area (Å²) in [6.07, 6.45) is 0.328. The van der Waals surface area contributed by atoms with Gasteiger partial charge in [0.15, 0.2) is 0 Å². The summed E-state index contributed by atoms with van der Waals surface area (Å²) in [5.41, 5.74) is 0.486. The molecule has 1 aromatic carbocycles. The molecule has 1 atom stereocenters. The lowest BCUT2D eigenvalue weighted by atomic mass is 10.1. The summed E-state index contributed by atoms with van der Waals surface area (Å²) in [5, 5.41) is 11.0. The highest BCUT2D eigenvalue weighted by Gasteiger charge is 2.27. The number of halogens is 3. The topological polar surface area (TPSA) is 32.3 Å². The highest BCUT2D eigenvalue weighted by molar-refractivity contribution is 5.18. The minimum Gasteiger partial charge on any atom is -0.390 e. The minimum atomic E-state index is -3.14. The zero-order valence-electron chi connectivity index (χ0n) is 9.59. The number of aliphatic hydroxyl groups excluding tert-OH is 1. The molecule has 0 radical (unpaired) electrons. The molecule has 0 fully saturated rings. The van der Waals surface area contributed by atoms with Crippen LogP contribution >= 0.6 is 0 Å². The van der Waals surface area contributed by atoms with Crippen LogP contribution in [0.15, 0.2) is 24.3 Å². The SMILES string of the molecule is CC(Cc1ccccc1F)NCC(F)(F)CO. The fourth-order valence-corrected chi connectivity index (χ4v) is 1.45. The molecule has 0 saturated heterocycles. The lowest BCUT2D eigenvalue weighted by Gasteiger charge is -2.19. The van der Waals surface area contributed by atoms with Gasteiger partial charge in [-0.25, -0.2) is 13.2 Å². The number of nitrogens with one attached hydrogen (secondary N) is 1. The molecule has 0 heterocycles. The Morgan fingerprint density at radius 3 is 2.59 bits per heavy atom. The van der Waals surface area contributed by atoms with E-state index in [1.807, 2.05) is 0 Å². The summed E-state index contributed by atoms with van der Waals surface area (Å²) in [6, 6.07) is 5.95. The van der Waals surface area contributed by atoms with E-state index < -0.39 is 19.1 Å². The standard InChI is InChI=1S/C12H16F3NO/c1-9(16-7-12(14,15)8-17)6-10-4-2-3-5-11(10)13/h2-5,9,16-17H,6-8H2,1H3. The second kappa shape index (κ2) is 6.02. The number of rotatable bonds is 6. The maximum absolute atomic E-state index is 13.3. The van der Waals surface area contributed by atoms with E-state index in [4.69, 9.17) is 5.11 Å². The molecule has 0 aromatic heterocycles. The van der Waals surface area contributed by atoms with Crippen LogP contribution in [-0.2, 0) is 6.42 Å². The third-order valence-electron chi connectivity index (χ3n) is 2.42. The molecule has 0 aliphatic rings. The molecule has 1 unspecified atom stereocenters. The van der Waals surface area contributed by atoms with Crippen molar-refractivity contribution in [2.45, 2.75) is 25.3 Å². The van der Waals surface area contributed by atoms with Crippen LogP contribution in [0.4, 0.5) is 13.2 Å². The Morgan fingerprint density at radius 2 is 2.00 bits per heavy atom. The zero-order valence-corrected chi connectivity index (χ0v) is 9.59. The highest BCUT2D eigenvalue weighted by atomic mass is 19.3. The van der Waals surface area contributed by atoms with Crippen molar-refractivity contribution in [1.82, 2.24) is 5.32 Å². The molecule has 5 heteroatoms. The molecule has 0 bridgehead atoms. The van der Waals surface area contributed by atoms with E-state index in [0.29, 0.717) is 12.0 Å². The minimum absolute atomic E-state index is 0.288. The van der Waals surface area contributed by atoms with E-state index in [9.17, 15) is 13.2 Å². The molecular weight excluding hydrogens is 231 g/mol. The molecule has 0 aliphatic heterocycles. The van der Waals surface area contributed by atoms with Crippen molar-refractivity contribution in [1.29, 1.82) is 0 Å². The van der Waals surface area contributed by atoms with Gasteiger partial charge in [-0.1, -0.05) is 18.2 Å². The second-order valence-electron chi connectivity index (χ2n) is 4.09. The number of aliphatic hydroxyl groups is 1. The summed E-state index contributed by atoms with van der Waals surface area (Å²) >= 11 is 0. The summed E-state index contributed by atoms with van der Waals surface area (Å²) in [4.78, 5) is 0. The molecule has 1 aromatic rings. The Bertz CT molecular complexity index is 357. The smallest absolute Gasteiger partial charge is 0.282 e. The van der Waals surface area contributed by atoms with Crippen molar-refractivity contribution in [2.24, 2.45) is 0 Å². The van der Waals surface area contributed by atoms with Gasteiger partial charge < -0.3 is 10.4 Å². The largest absolute Gasteiger partial charge is 0.390 e. The van der Waals surface area contributed by atoms with E-state index in [-0.39, 0.29) is 11.9 Å². The fourth-order valence-electron chi connectivity index (χ4n) is 1.45. The maximum atomic E-state index is 13.3. The molecule has 1 rings (SSSR count). The second-order valence-corrected chi connectivity index (χ2v) is 4.09. The summed E-state index contributed by atoms with van der Waals surface area (Å²) < 4.78 is 38.8. The Labute approximate surface area is 98.5 Å². The average molecular weight is 247 g/mol. The molecule has 2 nitrogen and oxygen atoms in total. The average Bonchev–Trinajstić information content (AvgIpc) is 2.30. The van der Waals surface area contributed by atoms with Crippen molar-refractivity contribution in [3.8, 4) is 0 Å². The Balaban J connectivity index is 2.45. The third kappa shape index (κ3) is 4.75. The van der Waals surface area contributed by atoms with Crippen LogP contribution < -0.4 is 5.32 Å². The predicted molar refractivity (Wildman–Crippen MR) is 59.6 cm³/mol. The summed E-state index contributed by atoms with van der Waals surface area (Å²) in [6.45, 7) is -0.106. The molecule has 0 saturated carbocycles. The Hall–Kier alpha value is -1.07. The van der Waals surface area contributed by atoms with Gasteiger partial charge in [-0.2, -0.15) is 0 Å². The molecular formula is C12H16F3NO. The predicted octanol–water partition coefficient (Wildman–Crippen LogP) is 1.97. The third-order valence-corrected chi connectivity index (χ3v) is 2.42. The van der Waals surface area contributed by atoms with Crippen LogP contribution in [0.3, 0.4) is 0 Å². The van der Waals surface area contributed by atoms with E-state index in [1.54, 1.807) is 25.1 Å². The number of hydrogen-bond donors (Lipinski definition) is 2. The normalized spacial score (nSPS) is 13.7. The Kier molecular flexibility index (Phi) is 4.96. The molecule has 0 aliphatic carbocycles. The first kappa shape index (κ1) is 14.0. The summed E-state index contributed by atoms with van der Waals surface area (Å²) in [5.74, 6) is -3.47. The molecule has 96 valence electrons. The number of alkyl halides is 2. The van der Waals surface area contributed by atoms with Gasteiger partial charge in [-0.3, -0.25) is 0 Å². The zero-order chi connectivity index (χ0) is 12.9. The molecule has 0 amide bonds. The van der Waals surface area contributed by atoms with Crippen LogP contribution in [0.5, 0.6) is 0 Å². The first-order valence-electron chi connectivity index (χ1n) is 5.40. The van der Waals surface area contributed by atoms with Crippen molar-refractivity contribution in [3.05, 3.63) is 35.6 Å². The van der Waals surface area contributed by atoms with Crippen molar-refractivity contribution >= 4 is 0 Å². The summed E-state index contributed by atoms with van der Waals surface area (Å²) in [7, 11) is 0. The van der Waals surface area contributed by atoms with Crippen molar-refractivity contribution in [2.75, 3.05) is 13.2 Å². The Morgan fingerprint density at radius 1 is 1.35 bits per heavy atom. The van der Waals surface area contributed by atoms with E-state index in [1.165, 1.54) is 6.07 Å². The van der Waals surface area contributed by atoms with Gasteiger partial charge in [0, 0.05) is 6.04 Å². The van der Waals surface area contributed by atoms with Gasteiger partial charge in [0.25, 0.3) is 5.92 Å². The van der Waals surface area contributed by atoms with Gasteiger partial charge in [-0.15, -0.1) is 0 Å². The van der Waals surface area contributed by atoms with E-state index in [2.05, 4.69) is 5.32 Å². The molecule has 0 spiro atoms. The molecule has 2 N–H and O–H groups in total. The van der Waals surface area contributed by atoms with E-state index >= 15 is 0 Å². The van der Waals surface area contributed by atoms with Crippen LogP contribution in [0.1, 0.15) is 12.5 Å². The van der Waals surface area contributed by atoms with Crippen LogP contribution in [-0.4, -0.2) is 30.2 Å². The maximum Gasteiger partial charge on any atom is 0.282 e.